The maximum absolute atomic E-state index is 12.8. The van der Waals surface area contributed by atoms with Gasteiger partial charge in [-0.15, -0.1) is 0 Å². The smallest absolute Gasteiger partial charge is 0.324 e. The molecule has 0 saturated heterocycles. The number of fused-ring (bicyclic) bond motifs is 1. The Hall–Kier alpha value is -1.63. The minimum Gasteiger partial charge on any atom is -0.468 e. The Morgan fingerprint density at radius 1 is 1.17 bits per heavy atom. The molecule has 0 aliphatic carbocycles. The van der Waals surface area contributed by atoms with E-state index in [1.807, 2.05) is 0 Å². The van der Waals surface area contributed by atoms with Crippen LogP contribution in [-0.2, 0) is 19.6 Å². The zero-order valence-corrected chi connectivity index (χ0v) is 14.6. The van der Waals surface area contributed by atoms with E-state index in [1.54, 1.807) is 44.2 Å². The third-order valence-corrected chi connectivity index (χ3v) is 5.31. The minimum absolute atomic E-state index is 0.0372. The summed E-state index contributed by atoms with van der Waals surface area (Å²) >= 11 is 6.17. The molecule has 0 saturated carbocycles. The fraction of sp³-hybridized carbons (Fsp3) is 0.312. The van der Waals surface area contributed by atoms with E-state index in [0.29, 0.717) is 15.8 Å². The summed E-state index contributed by atoms with van der Waals surface area (Å²) in [5, 5.41) is 1.47. The summed E-state index contributed by atoms with van der Waals surface area (Å²) in [7, 11) is -2.72. The van der Waals surface area contributed by atoms with Gasteiger partial charge in [0.2, 0.25) is 10.0 Å². The molecule has 0 bridgehead atoms. The Balaban J connectivity index is 2.54. The quantitative estimate of drug-likeness (QED) is 0.837. The van der Waals surface area contributed by atoms with Gasteiger partial charge in [-0.05, 0) is 23.4 Å². The highest BCUT2D eigenvalue weighted by Gasteiger charge is 2.30. The van der Waals surface area contributed by atoms with Crippen LogP contribution >= 0.6 is 11.6 Å². The Kier molecular flexibility index (Phi) is 5.29. The molecule has 1 N–H and O–H groups in total. The molecule has 0 heterocycles. The molecule has 1 unspecified atom stereocenters. The van der Waals surface area contributed by atoms with Gasteiger partial charge in [-0.1, -0.05) is 49.7 Å². The Labute approximate surface area is 140 Å². The van der Waals surface area contributed by atoms with Gasteiger partial charge >= 0.3 is 5.97 Å². The maximum atomic E-state index is 12.8. The lowest BCUT2D eigenvalue weighted by Crippen LogP contribution is -2.44. The lowest BCUT2D eigenvalue weighted by atomic mass is 10.1. The molecule has 1 atom stereocenters. The van der Waals surface area contributed by atoms with Gasteiger partial charge in [0.1, 0.15) is 6.04 Å². The summed E-state index contributed by atoms with van der Waals surface area (Å²) in [4.78, 5) is 11.9. The van der Waals surface area contributed by atoms with Crippen LogP contribution in [0.15, 0.2) is 41.3 Å². The van der Waals surface area contributed by atoms with Crippen molar-refractivity contribution in [3.8, 4) is 0 Å². The van der Waals surface area contributed by atoms with Gasteiger partial charge < -0.3 is 4.74 Å². The van der Waals surface area contributed by atoms with Crippen LogP contribution in [0.5, 0.6) is 0 Å². The predicted molar refractivity (Wildman–Crippen MR) is 89.9 cm³/mol. The second kappa shape index (κ2) is 6.86. The van der Waals surface area contributed by atoms with E-state index in [9.17, 15) is 13.2 Å². The Bertz CT molecular complexity index is 828. The number of ether oxygens (including phenoxy) is 1. The lowest BCUT2D eigenvalue weighted by molar-refractivity contribution is -0.143. The van der Waals surface area contributed by atoms with E-state index in [1.165, 1.54) is 13.2 Å². The van der Waals surface area contributed by atoms with Gasteiger partial charge in [0, 0.05) is 10.4 Å². The lowest BCUT2D eigenvalue weighted by Gasteiger charge is -2.20. The molecule has 2 aromatic carbocycles. The Morgan fingerprint density at radius 3 is 2.35 bits per heavy atom. The zero-order valence-electron chi connectivity index (χ0n) is 13.0. The monoisotopic (exact) mass is 355 g/mol. The summed E-state index contributed by atoms with van der Waals surface area (Å²) in [6.07, 6.45) is 0. The van der Waals surface area contributed by atoms with Crippen molar-refractivity contribution in [2.24, 2.45) is 5.92 Å². The van der Waals surface area contributed by atoms with Crippen LogP contribution in [0.3, 0.4) is 0 Å². The van der Waals surface area contributed by atoms with E-state index in [4.69, 9.17) is 11.6 Å². The summed E-state index contributed by atoms with van der Waals surface area (Å²) < 4.78 is 32.6. The number of nitrogens with one attached hydrogen (secondary N) is 1. The fourth-order valence-corrected chi connectivity index (χ4v) is 4.22. The number of hydrogen-bond acceptors (Lipinski definition) is 4. The molecule has 0 aliphatic heterocycles. The molecule has 7 heteroatoms. The molecule has 2 rings (SSSR count). The third-order valence-electron chi connectivity index (χ3n) is 3.51. The number of esters is 1. The molecule has 23 heavy (non-hydrogen) atoms. The summed E-state index contributed by atoms with van der Waals surface area (Å²) in [6, 6.07) is 9.06. The Morgan fingerprint density at radius 2 is 1.78 bits per heavy atom. The number of hydrogen-bond donors (Lipinski definition) is 1. The van der Waals surface area contributed by atoms with Gasteiger partial charge in [-0.3, -0.25) is 4.79 Å². The van der Waals surface area contributed by atoms with E-state index < -0.39 is 22.0 Å². The second-order valence-electron chi connectivity index (χ2n) is 5.46. The summed E-state index contributed by atoms with van der Waals surface area (Å²) in [5.41, 5.74) is 0. The normalized spacial score (nSPS) is 13.3. The molecular formula is C16H18ClNO4S. The average Bonchev–Trinajstić information content (AvgIpc) is 2.51. The van der Waals surface area contributed by atoms with Gasteiger partial charge in [-0.25, -0.2) is 8.42 Å². The van der Waals surface area contributed by atoms with E-state index in [2.05, 4.69) is 9.46 Å². The number of methoxy groups -OCH3 is 1. The fourth-order valence-electron chi connectivity index (χ4n) is 2.30. The van der Waals surface area contributed by atoms with Gasteiger partial charge in [0.25, 0.3) is 0 Å². The molecular weight excluding hydrogens is 338 g/mol. The first-order chi connectivity index (χ1) is 10.8. The standard InChI is InChI=1S/C16H18ClNO4S/c1-10(2)15(16(19)22-3)18-23(20,21)13-9-5-7-11-6-4-8-12(17)14(11)13/h4-10,15,18H,1-3H3. The molecule has 2 aromatic rings. The summed E-state index contributed by atoms with van der Waals surface area (Å²) in [5.74, 6) is -0.891. The average molecular weight is 356 g/mol. The number of halogens is 1. The first kappa shape index (κ1) is 17.7. The van der Waals surface area contributed by atoms with Crippen LogP contribution in [-0.4, -0.2) is 27.5 Å². The van der Waals surface area contributed by atoms with Crippen molar-refractivity contribution >= 4 is 38.4 Å². The van der Waals surface area contributed by atoms with E-state index >= 15 is 0 Å². The van der Waals surface area contributed by atoms with Crippen molar-refractivity contribution in [2.75, 3.05) is 7.11 Å². The molecule has 0 fully saturated rings. The molecule has 0 amide bonds. The van der Waals surface area contributed by atoms with Crippen LogP contribution in [0, 0.1) is 5.92 Å². The van der Waals surface area contributed by atoms with E-state index in [0.717, 1.165) is 0 Å². The zero-order chi connectivity index (χ0) is 17.2. The maximum Gasteiger partial charge on any atom is 0.324 e. The highest BCUT2D eigenvalue weighted by Crippen LogP contribution is 2.30. The largest absolute Gasteiger partial charge is 0.468 e. The van der Waals surface area contributed by atoms with Gasteiger partial charge in [0.05, 0.1) is 12.0 Å². The van der Waals surface area contributed by atoms with Crippen LogP contribution in [0.1, 0.15) is 13.8 Å². The van der Waals surface area contributed by atoms with Gasteiger partial charge in [0.15, 0.2) is 0 Å². The van der Waals surface area contributed by atoms with E-state index in [-0.39, 0.29) is 10.8 Å². The molecule has 0 aliphatic rings. The first-order valence-electron chi connectivity index (χ1n) is 7.05. The molecule has 0 radical (unpaired) electrons. The number of carbonyl (C=O) groups is 1. The van der Waals surface area contributed by atoms with Gasteiger partial charge in [-0.2, -0.15) is 4.72 Å². The van der Waals surface area contributed by atoms with Crippen molar-refractivity contribution in [1.29, 1.82) is 0 Å². The van der Waals surface area contributed by atoms with Crippen molar-refractivity contribution in [2.45, 2.75) is 24.8 Å². The third kappa shape index (κ3) is 3.65. The predicted octanol–water partition coefficient (Wildman–Crippen LogP) is 2.97. The molecule has 5 nitrogen and oxygen atoms in total. The van der Waals surface area contributed by atoms with Crippen molar-refractivity contribution in [1.82, 2.24) is 4.72 Å². The first-order valence-corrected chi connectivity index (χ1v) is 8.91. The van der Waals surface area contributed by atoms with Crippen LogP contribution in [0.2, 0.25) is 5.02 Å². The van der Waals surface area contributed by atoms with Crippen LogP contribution in [0.25, 0.3) is 10.8 Å². The highest BCUT2D eigenvalue weighted by atomic mass is 35.5. The minimum atomic E-state index is -3.94. The molecule has 124 valence electrons. The topological polar surface area (TPSA) is 72.5 Å². The second-order valence-corrected chi connectivity index (χ2v) is 7.55. The molecule has 0 aromatic heterocycles. The summed E-state index contributed by atoms with van der Waals surface area (Å²) in [6.45, 7) is 3.47. The number of sulfonamides is 1. The van der Waals surface area contributed by atoms with Crippen LogP contribution < -0.4 is 4.72 Å². The van der Waals surface area contributed by atoms with Crippen molar-refractivity contribution in [3.05, 3.63) is 41.4 Å². The molecule has 0 spiro atoms. The number of carbonyl (C=O) groups excluding carboxylic acids is 1. The van der Waals surface area contributed by atoms with Crippen molar-refractivity contribution < 1.29 is 17.9 Å². The SMILES string of the molecule is COC(=O)C(NS(=O)(=O)c1cccc2cccc(Cl)c12)C(C)C. The highest BCUT2D eigenvalue weighted by molar-refractivity contribution is 7.89. The van der Waals surface area contributed by atoms with Crippen LogP contribution in [0.4, 0.5) is 0 Å². The van der Waals surface area contributed by atoms with Crippen molar-refractivity contribution in [3.63, 3.8) is 0 Å². The number of rotatable bonds is 5. The number of benzene rings is 2.